The van der Waals surface area contributed by atoms with Crippen molar-refractivity contribution in [3.05, 3.63) is 71.6 Å². The minimum absolute atomic E-state index is 0.0830. The number of aryl methyl sites for hydroxylation is 1. The topological polar surface area (TPSA) is 72.2 Å². The molecule has 1 amide bonds. The van der Waals surface area contributed by atoms with Crippen LogP contribution in [0.4, 0.5) is 0 Å². The first-order valence-corrected chi connectivity index (χ1v) is 10.1. The van der Waals surface area contributed by atoms with E-state index >= 15 is 0 Å². The summed E-state index contributed by atoms with van der Waals surface area (Å²) in [5.74, 6) is 1.30. The van der Waals surface area contributed by atoms with Crippen LogP contribution < -0.4 is 5.32 Å². The molecular formula is C21H22N2O3S. The number of nitrogens with zero attached hydrogens (tertiary/aromatic N) is 1. The molecule has 1 N–H and O–H groups in total. The van der Waals surface area contributed by atoms with Crippen LogP contribution in [0.2, 0.25) is 0 Å². The summed E-state index contributed by atoms with van der Waals surface area (Å²) in [5.41, 5.74) is 2.03. The second-order valence-electron chi connectivity index (χ2n) is 6.53. The summed E-state index contributed by atoms with van der Waals surface area (Å²) < 4.78 is 18.3. The zero-order valence-electron chi connectivity index (χ0n) is 15.6. The van der Waals surface area contributed by atoms with Crippen molar-refractivity contribution in [1.82, 2.24) is 10.3 Å². The number of benzene rings is 2. The van der Waals surface area contributed by atoms with E-state index in [0.717, 1.165) is 10.5 Å². The highest BCUT2D eigenvalue weighted by Gasteiger charge is 2.15. The second-order valence-corrected chi connectivity index (χ2v) is 7.98. The molecule has 3 rings (SSSR count). The minimum Gasteiger partial charge on any atom is -0.441 e. The van der Waals surface area contributed by atoms with Gasteiger partial charge in [-0.2, -0.15) is 0 Å². The number of hydrogen-bond donors (Lipinski definition) is 1. The van der Waals surface area contributed by atoms with Gasteiger partial charge in [-0.3, -0.25) is 9.00 Å². The van der Waals surface area contributed by atoms with Crippen LogP contribution in [0.1, 0.15) is 35.7 Å². The Morgan fingerprint density at radius 3 is 2.41 bits per heavy atom. The van der Waals surface area contributed by atoms with Gasteiger partial charge in [-0.05, 0) is 57.2 Å². The summed E-state index contributed by atoms with van der Waals surface area (Å²) >= 11 is 0. The van der Waals surface area contributed by atoms with Gasteiger partial charge in [-0.25, -0.2) is 4.98 Å². The van der Waals surface area contributed by atoms with Crippen LogP contribution in [0, 0.1) is 6.92 Å². The van der Waals surface area contributed by atoms with Crippen LogP contribution in [0.15, 0.2) is 63.9 Å². The molecule has 0 aliphatic rings. The third-order valence-corrected chi connectivity index (χ3v) is 5.31. The quantitative estimate of drug-likeness (QED) is 0.697. The molecule has 6 heteroatoms. The Labute approximate surface area is 161 Å². The maximum Gasteiger partial charge on any atom is 0.251 e. The van der Waals surface area contributed by atoms with Crippen molar-refractivity contribution < 1.29 is 13.4 Å². The van der Waals surface area contributed by atoms with Gasteiger partial charge in [0.15, 0.2) is 0 Å². The molecule has 3 aromatic rings. The molecule has 27 heavy (non-hydrogen) atoms. The summed E-state index contributed by atoms with van der Waals surface area (Å²) in [5, 5.41) is 2.86. The van der Waals surface area contributed by atoms with Gasteiger partial charge in [0.2, 0.25) is 5.89 Å². The van der Waals surface area contributed by atoms with E-state index in [0.29, 0.717) is 28.7 Å². The summed E-state index contributed by atoms with van der Waals surface area (Å²) in [6, 6.07) is 16.5. The summed E-state index contributed by atoms with van der Waals surface area (Å²) in [4.78, 5) is 17.3. The molecule has 1 heterocycles. The highest BCUT2D eigenvalue weighted by molar-refractivity contribution is 7.84. The fraction of sp³-hybridized carbons (Fsp3) is 0.238. The van der Waals surface area contributed by atoms with Crippen LogP contribution >= 0.6 is 0 Å². The molecule has 0 bridgehead atoms. The molecule has 0 saturated carbocycles. The first kappa shape index (κ1) is 19.0. The lowest BCUT2D eigenvalue weighted by Crippen LogP contribution is -2.29. The number of amides is 1. The Bertz CT molecular complexity index is 947. The first-order chi connectivity index (χ1) is 12.9. The smallest absolute Gasteiger partial charge is 0.251 e. The summed E-state index contributed by atoms with van der Waals surface area (Å²) in [7, 11) is -1.18. The van der Waals surface area contributed by atoms with Crippen molar-refractivity contribution in [1.29, 1.82) is 0 Å². The molecule has 1 aromatic heterocycles. The minimum atomic E-state index is -1.18. The van der Waals surface area contributed by atoms with Crippen molar-refractivity contribution in [2.24, 2.45) is 0 Å². The lowest BCUT2D eigenvalue weighted by molar-refractivity contribution is 0.0943. The molecule has 0 unspecified atom stereocenters. The Hall–Kier alpha value is -2.73. The van der Waals surface area contributed by atoms with Crippen molar-refractivity contribution in [3.8, 4) is 11.5 Å². The van der Waals surface area contributed by atoms with Crippen molar-refractivity contribution >= 4 is 16.7 Å². The molecule has 0 aliphatic carbocycles. The molecule has 0 fully saturated rings. The number of rotatable bonds is 6. The van der Waals surface area contributed by atoms with Crippen molar-refractivity contribution in [3.63, 3.8) is 0 Å². The number of carbonyl (C=O) groups is 1. The zero-order valence-corrected chi connectivity index (χ0v) is 16.4. The highest BCUT2D eigenvalue weighted by atomic mass is 32.2. The van der Waals surface area contributed by atoms with Gasteiger partial charge >= 0.3 is 0 Å². The number of carbonyl (C=O) groups excluding carboxylic acids is 1. The van der Waals surface area contributed by atoms with E-state index in [4.69, 9.17) is 4.42 Å². The molecule has 0 spiro atoms. The largest absolute Gasteiger partial charge is 0.441 e. The average Bonchev–Trinajstić information content (AvgIpc) is 3.02. The van der Waals surface area contributed by atoms with Gasteiger partial charge in [-0.15, -0.1) is 0 Å². The van der Waals surface area contributed by atoms with E-state index in [1.54, 1.807) is 24.3 Å². The van der Waals surface area contributed by atoms with Gasteiger partial charge in [0, 0.05) is 22.1 Å². The monoisotopic (exact) mass is 382 g/mol. The molecular weight excluding hydrogens is 360 g/mol. The molecule has 140 valence electrons. The van der Waals surface area contributed by atoms with Crippen LogP contribution in [-0.4, -0.2) is 21.1 Å². The number of oxazole rings is 1. The molecule has 2 aromatic carbocycles. The van der Waals surface area contributed by atoms with E-state index < -0.39 is 10.8 Å². The lowest BCUT2D eigenvalue weighted by atomic mass is 10.1. The Morgan fingerprint density at radius 1 is 1.11 bits per heavy atom. The second kappa shape index (κ2) is 8.31. The third-order valence-electron chi connectivity index (χ3n) is 3.98. The molecule has 0 radical (unpaired) electrons. The highest BCUT2D eigenvalue weighted by Crippen LogP contribution is 2.24. The van der Waals surface area contributed by atoms with Gasteiger partial charge in [0.1, 0.15) is 5.76 Å². The average molecular weight is 382 g/mol. The van der Waals surface area contributed by atoms with E-state index in [-0.39, 0.29) is 11.9 Å². The standard InChI is InChI=1S/C21H22N2O3S/c1-14(2)22-20(24)16-9-11-17(12-10-16)21-23-19(15(3)26-21)13-27(25)18-7-5-4-6-8-18/h4-12,14H,13H2,1-3H3,(H,22,24)/t27-/m1/s1. The van der Waals surface area contributed by atoms with Gasteiger partial charge < -0.3 is 9.73 Å². The van der Waals surface area contributed by atoms with Gasteiger partial charge in [0.25, 0.3) is 5.91 Å². The third kappa shape index (κ3) is 4.71. The summed E-state index contributed by atoms with van der Waals surface area (Å²) in [6.45, 7) is 5.66. The molecule has 0 aliphatic heterocycles. The van der Waals surface area contributed by atoms with Crippen LogP contribution in [-0.2, 0) is 16.6 Å². The Morgan fingerprint density at radius 2 is 1.78 bits per heavy atom. The fourth-order valence-electron chi connectivity index (χ4n) is 2.57. The normalized spacial score (nSPS) is 12.1. The first-order valence-electron chi connectivity index (χ1n) is 8.75. The maximum absolute atomic E-state index is 12.5. The Kier molecular flexibility index (Phi) is 5.86. The van der Waals surface area contributed by atoms with E-state index in [9.17, 15) is 9.00 Å². The SMILES string of the molecule is Cc1oc(-c2ccc(C(=O)NC(C)C)cc2)nc1C[S@@](=O)c1ccccc1. The van der Waals surface area contributed by atoms with Gasteiger partial charge in [0.05, 0.1) is 22.2 Å². The van der Waals surface area contributed by atoms with Crippen LogP contribution in [0.25, 0.3) is 11.5 Å². The zero-order chi connectivity index (χ0) is 19.4. The van der Waals surface area contributed by atoms with Crippen LogP contribution in [0.5, 0.6) is 0 Å². The predicted molar refractivity (Wildman–Crippen MR) is 106 cm³/mol. The molecule has 5 nitrogen and oxygen atoms in total. The summed E-state index contributed by atoms with van der Waals surface area (Å²) in [6.07, 6.45) is 0. The van der Waals surface area contributed by atoms with Gasteiger partial charge in [-0.1, -0.05) is 18.2 Å². The Balaban J connectivity index is 1.76. The number of aromatic nitrogens is 1. The fourth-order valence-corrected chi connectivity index (χ4v) is 3.72. The van der Waals surface area contributed by atoms with E-state index in [2.05, 4.69) is 10.3 Å². The molecule has 1 atom stereocenters. The number of nitrogens with one attached hydrogen (secondary N) is 1. The van der Waals surface area contributed by atoms with E-state index in [1.807, 2.05) is 51.1 Å². The van der Waals surface area contributed by atoms with Crippen LogP contribution in [0.3, 0.4) is 0 Å². The van der Waals surface area contributed by atoms with Crippen molar-refractivity contribution in [2.75, 3.05) is 0 Å². The van der Waals surface area contributed by atoms with Crippen molar-refractivity contribution in [2.45, 2.75) is 37.5 Å². The lowest BCUT2D eigenvalue weighted by Gasteiger charge is -2.08. The number of hydrogen-bond acceptors (Lipinski definition) is 4. The predicted octanol–water partition coefficient (Wildman–Crippen LogP) is 4.10. The maximum atomic E-state index is 12.5. The van der Waals surface area contributed by atoms with E-state index in [1.165, 1.54) is 0 Å². The molecule has 0 saturated heterocycles.